The molecule has 0 spiro atoms. The third kappa shape index (κ3) is 4.29. The van der Waals surface area contributed by atoms with Crippen LogP contribution in [0.15, 0.2) is 30.5 Å². The fourth-order valence-electron chi connectivity index (χ4n) is 3.86. The van der Waals surface area contributed by atoms with Crippen molar-refractivity contribution in [3.05, 3.63) is 56.7 Å². The number of aliphatic hydroxyl groups excluding tert-OH is 1. The summed E-state index contributed by atoms with van der Waals surface area (Å²) >= 11 is 1.80. The molecule has 4 atom stereocenters. The van der Waals surface area contributed by atoms with Crippen molar-refractivity contribution in [1.82, 2.24) is 4.98 Å². The standard InChI is InChI=1S/C21H21F4IN2O3/c1-10-14(6-7-15(22)17(10)26)16-11(2)20(3,21(23,24)25)31-18(16)19(30)28-12-4-5-13(9-29)27-8-12/h4-8,11,16,18,29H,9H2,1-3H3,(H,28,30)/t11-,16-,18+,20+/m1/s1. The van der Waals surface area contributed by atoms with Crippen LogP contribution in [0.5, 0.6) is 0 Å². The van der Waals surface area contributed by atoms with Crippen molar-refractivity contribution in [1.29, 1.82) is 0 Å². The number of aliphatic hydroxyl groups is 1. The molecule has 0 radical (unpaired) electrons. The summed E-state index contributed by atoms with van der Waals surface area (Å²) in [6, 6.07) is 5.57. The number of carbonyl (C=O) groups excluding carboxylic acids is 1. The topological polar surface area (TPSA) is 71.5 Å². The molecule has 1 aromatic heterocycles. The van der Waals surface area contributed by atoms with Crippen LogP contribution in [0.2, 0.25) is 0 Å². The van der Waals surface area contributed by atoms with Gasteiger partial charge in [0.1, 0.15) is 11.9 Å². The highest BCUT2D eigenvalue weighted by molar-refractivity contribution is 14.1. The van der Waals surface area contributed by atoms with Crippen molar-refractivity contribution in [2.24, 2.45) is 5.92 Å². The van der Waals surface area contributed by atoms with Gasteiger partial charge in [-0.3, -0.25) is 9.78 Å². The minimum absolute atomic E-state index is 0.253. The lowest BCUT2D eigenvalue weighted by Gasteiger charge is -2.32. The average Bonchev–Trinajstić information content (AvgIpc) is 2.99. The van der Waals surface area contributed by atoms with Crippen LogP contribution < -0.4 is 5.32 Å². The summed E-state index contributed by atoms with van der Waals surface area (Å²) in [4.78, 5) is 17.0. The van der Waals surface area contributed by atoms with Crippen molar-refractivity contribution >= 4 is 34.2 Å². The van der Waals surface area contributed by atoms with Crippen LogP contribution in [0.3, 0.4) is 0 Å². The van der Waals surface area contributed by atoms with Crippen LogP contribution in [-0.4, -0.2) is 33.9 Å². The normalized spacial score (nSPS) is 26.2. The number of ether oxygens (including phenoxy) is 1. The van der Waals surface area contributed by atoms with E-state index in [1.807, 2.05) is 0 Å². The first-order valence-corrected chi connectivity index (χ1v) is 10.5. The Morgan fingerprint density at radius 1 is 1.32 bits per heavy atom. The predicted octanol–water partition coefficient (Wildman–Crippen LogP) is 4.70. The second-order valence-corrected chi connectivity index (χ2v) is 8.80. The molecule has 0 aliphatic carbocycles. The SMILES string of the molecule is Cc1c([C@@H]2[C@@H](C(=O)Nc3ccc(CO)nc3)O[C@](C)(C(F)(F)F)[C@@H]2C)ccc(F)c1I. The van der Waals surface area contributed by atoms with Crippen LogP contribution in [0.4, 0.5) is 23.2 Å². The van der Waals surface area contributed by atoms with Gasteiger partial charge < -0.3 is 15.2 Å². The van der Waals surface area contributed by atoms with Gasteiger partial charge in [-0.1, -0.05) is 13.0 Å². The quantitative estimate of drug-likeness (QED) is 0.426. The van der Waals surface area contributed by atoms with E-state index >= 15 is 0 Å². The fourth-order valence-corrected chi connectivity index (χ4v) is 4.35. The van der Waals surface area contributed by atoms with Crippen LogP contribution in [0, 0.1) is 22.2 Å². The molecule has 31 heavy (non-hydrogen) atoms. The average molecular weight is 552 g/mol. The maximum atomic E-state index is 14.0. The molecule has 0 unspecified atom stereocenters. The van der Waals surface area contributed by atoms with Gasteiger partial charge in [0.2, 0.25) is 0 Å². The lowest BCUT2D eigenvalue weighted by molar-refractivity contribution is -0.272. The number of nitrogens with zero attached hydrogens (tertiary/aromatic N) is 1. The molecule has 1 aromatic carbocycles. The predicted molar refractivity (Wildman–Crippen MR) is 114 cm³/mol. The van der Waals surface area contributed by atoms with Crippen LogP contribution in [-0.2, 0) is 16.1 Å². The van der Waals surface area contributed by atoms with E-state index in [4.69, 9.17) is 9.84 Å². The van der Waals surface area contributed by atoms with E-state index < -0.39 is 41.4 Å². The van der Waals surface area contributed by atoms with Gasteiger partial charge >= 0.3 is 6.18 Å². The number of hydrogen-bond acceptors (Lipinski definition) is 4. The number of carbonyl (C=O) groups is 1. The fraction of sp³-hybridized carbons (Fsp3) is 0.429. The summed E-state index contributed by atoms with van der Waals surface area (Å²) in [5.41, 5.74) is -1.03. The summed E-state index contributed by atoms with van der Waals surface area (Å²) in [7, 11) is 0. The highest BCUT2D eigenvalue weighted by Crippen LogP contribution is 2.54. The third-order valence-corrected chi connectivity index (χ3v) is 7.25. The molecular formula is C21H21F4IN2O3. The minimum atomic E-state index is -4.72. The molecule has 1 saturated heterocycles. The molecule has 2 aromatic rings. The Bertz CT molecular complexity index is 984. The number of hydrogen-bond donors (Lipinski definition) is 2. The molecule has 3 rings (SSSR count). The molecule has 10 heteroatoms. The summed E-state index contributed by atoms with van der Waals surface area (Å²) < 4.78 is 61.4. The van der Waals surface area contributed by atoms with E-state index in [9.17, 15) is 22.4 Å². The van der Waals surface area contributed by atoms with Gasteiger partial charge in [0.25, 0.3) is 5.91 Å². The molecular weight excluding hydrogens is 531 g/mol. The molecule has 2 N–H and O–H groups in total. The van der Waals surface area contributed by atoms with Crippen molar-refractivity contribution in [2.75, 3.05) is 5.32 Å². The number of rotatable bonds is 4. The number of nitrogens with one attached hydrogen (secondary N) is 1. The van der Waals surface area contributed by atoms with Crippen molar-refractivity contribution in [2.45, 2.75) is 51.2 Å². The number of alkyl halides is 3. The maximum Gasteiger partial charge on any atom is 0.417 e. The first-order valence-electron chi connectivity index (χ1n) is 9.46. The van der Waals surface area contributed by atoms with Crippen molar-refractivity contribution < 1.29 is 32.2 Å². The highest BCUT2D eigenvalue weighted by Gasteiger charge is 2.65. The zero-order valence-electron chi connectivity index (χ0n) is 16.9. The zero-order chi connectivity index (χ0) is 23.1. The maximum absolute atomic E-state index is 14.0. The minimum Gasteiger partial charge on any atom is -0.390 e. The van der Waals surface area contributed by atoms with Crippen LogP contribution in [0.25, 0.3) is 0 Å². The lowest BCUT2D eigenvalue weighted by atomic mass is 9.76. The Morgan fingerprint density at radius 2 is 2.00 bits per heavy atom. The van der Waals surface area contributed by atoms with Gasteiger partial charge in [-0.25, -0.2) is 4.39 Å². The van der Waals surface area contributed by atoms with Gasteiger partial charge in [-0.2, -0.15) is 13.2 Å². The van der Waals surface area contributed by atoms with Crippen molar-refractivity contribution in [3.63, 3.8) is 0 Å². The van der Waals surface area contributed by atoms with E-state index in [0.29, 0.717) is 16.8 Å². The molecule has 2 heterocycles. The summed E-state index contributed by atoms with van der Waals surface area (Å²) in [5, 5.41) is 11.6. The Balaban J connectivity index is 2.02. The largest absolute Gasteiger partial charge is 0.417 e. The van der Waals surface area contributed by atoms with E-state index in [-0.39, 0.29) is 15.9 Å². The Labute approximate surface area is 190 Å². The molecule has 1 amide bonds. The number of anilines is 1. The molecule has 168 valence electrons. The second-order valence-electron chi connectivity index (χ2n) is 7.72. The molecule has 1 aliphatic heterocycles. The Hall–Kier alpha value is -1.79. The van der Waals surface area contributed by atoms with Crippen molar-refractivity contribution in [3.8, 4) is 0 Å². The molecule has 5 nitrogen and oxygen atoms in total. The summed E-state index contributed by atoms with van der Waals surface area (Å²) in [5.74, 6) is -3.31. The summed E-state index contributed by atoms with van der Waals surface area (Å²) in [6.45, 7) is 3.65. The third-order valence-electron chi connectivity index (χ3n) is 5.92. The second kappa shape index (κ2) is 8.62. The first kappa shape index (κ1) is 23.9. The van der Waals surface area contributed by atoms with E-state index in [1.54, 1.807) is 29.5 Å². The molecule has 1 fully saturated rings. The van der Waals surface area contributed by atoms with Gasteiger partial charge in [0, 0.05) is 11.8 Å². The van der Waals surface area contributed by atoms with Crippen LogP contribution >= 0.6 is 22.6 Å². The molecule has 0 saturated carbocycles. The van der Waals surface area contributed by atoms with Crippen LogP contribution in [0.1, 0.15) is 36.6 Å². The van der Waals surface area contributed by atoms with Gasteiger partial charge in [-0.15, -0.1) is 0 Å². The first-order chi connectivity index (χ1) is 14.4. The molecule has 0 bridgehead atoms. The van der Waals surface area contributed by atoms with Gasteiger partial charge in [0.15, 0.2) is 5.60 Å². The Kier molecular flexibility index (Phi) is 6.64. The number of amides is 1. The number of aromatic nitrogens is 1. The lowest BCUT2D eigenvalue weighted by Crippen LogP contribution is -2.47. The van der Waals surface area contributed by atoms with E-state index in [0.717, 1.165) is 6.92 Å². The number of pyridine rings is 1. The van der Waals surface area contributed by atoms with Gasteiger partial charge in [-0.05, 0) is 65.8 Å². The molecule has 1 aliphatic rings. The van der Waals surface area contributed by atoms with E-state index in [1.165, 1.54) is 37.4 Å². The zero-order valence-corrected chi connectivity index (χ0v) is 19.1. The Morgan fingerprint density at radius 3 is 2.55 bits per heavy atom. The van der Waals surface area contributed by atoms with E-state index in [2.05, 4.69) is 10.3 Å². The highest BCUT2D eigenvalue weighted by atomic mass is 127. The smallest absolute Gasteiger partial charge is 0.390 e. The number of halogens is 5. The summed E-state index contributed by atoms with van der Waals surface area (Å²) in [6.07, 6.45) is -4.88. The monoisotopic (exact) mass is 552 g/mol. The number of benzene rings is 1. The van der Waals surface area contributed by atoms with Gasteiger partial charge in [0.05, 0.1) is 27.8 Å².